The fraction of sp³-hybridized carbons (Fsp3) is 0.231. The second kappa shape index (κ2) is 10.4. The molecular weight excluding hydrogens is 438 g/mol. The lowest BCUT2D eigenvalue weighted by Crippen LogP contribution is -2.50. The van der Waals surface area contributed by atoms with Gasteiger partial charge in [0.2, 0.25) is 5.91 Å². The number of fused-ring (bicyclic) bond motifs is 1. The van der Waals surface area contributed by atoms with Crippen molar-refractivity contribution < 1.29 is 14.0 Å². The van der Waals surface area contributed by atoms with Crippen LogP contribution in [0.15, 0.2) is 77.5 Å². The zero-order valence-corrected chi connectivity index (χ0v) is 19.1. The second-order valence-corrected chi connectivity index (χ2v) is 8.56. The van der Waals surface area contributed by atoms with Crippen LogP contribution in [0.2, 0.25) is 5.02 Å². The van der Waals surface area contributed by atoms with E-state index in [4.69, 9.17) is 16.0 Å². The summed E-state index contributed by atoms with van der Waals surface area (Å²) in [5.74, 6) is 0.326. The van der Waals surface area contributed by atoms with Gasteiger partial charge in [-0.1, -0.05) is 29.8 Å². The molecule has 0 bridgehead atoms. The van der Waals surface area contributed by atoms with Crippen molar-refractivity contribution in [3.05, 3.63) is 95.0 Å². The molecule has 3 N–H and O–H groups in total. The van der Waals surface area contributed by atoms with E-state index in [-0.39, 0.29) is 17.9 Å². The van der Waals surface area contributed by atoms with E-state index < -0.39 is 6.04 Å². The number of furan rings is 1. The standard InChI is InChI=1S/C26H26ClN3O3/c1-17(8-13-21-5-4-14-33-21)29-26(32)24(30-25(31)18-9-11-20(27)12-10-18)15-19-16-28-23-7-3-2-6-22(19)23/h2-7,9-12,14,16-17,24,28H,8,13,15H2,1H3,(H,29,32)(H,30,31). The lowest BCUT2D eigenvalue weighted by Gasteiger charge is -2.21. The van der Waals surface area contributed by atoms with Crippen LogP contribution in [0.1, 0.15) is 35.0 Å². The molecule has 0 aliphatic rings. The molecule has 4 rings (SSSR count). The fourth-order valence-corrected chi connectivity index (χ4v) is 3.93. The third kappa shape index (κ3) is 5.84. The van der Waals surface area contributed by atoms with Gasteiger partial charge in [0.15, 0.2) is 0 Å². The minimum absolute atomic E-state index is 0.0829. The zero-order valence-electron chi connectivity index (χ0n) is 18.3. The van der Waals surface area contributed by atoms with Gasteiger partial charge in [-0.15, -0.1) is 0 Å². The van der Waals surface area contributed by atoms with E-state index in [1.54, 1.807) is 30.5 Å². The Morgan fingerprint density at radius 1 is 1.03 bits per heavy atom. The summed E-state index contributed by atoms with van der Waals surface area (Å²) in [7, 11) is 0. The number of aryl methyl sites for hydroxylation is 1. The largest absolute Gasteiger partial charge is 0.469 e. The number of benzene rings is 2. The average molecular weight is 464 g/mol. The number of hydrogen-bond acceptors (Lipinski definition) is 3. The molecule has 0 saturated carbocycles. The minimum Gasteiger partial charge on any atom is -0.469 e. The molecule has 170 valence electrons. The van der Waals surface area contributed by atoms with Crippen molar-refractivity contribution in [1.82, 2.24) is 15.6 Å². The predicted molar refractivity (Wildman–Crippen MR) is 129 cm³/mol. The van der Waals surface area contributed by atoms with Crippen molar-refractivity contribution >= 4 is 34.3 Å². The molecule has 6 nitrogen and oxygen atoms in total. The van der Waals surface area contributed by atoms with Crippen LogP contribution >= 0.6 is 11.6 Å². The number of rotatable bonds is 9. The predicted octanol–water partition coefficient (Wildman–Crippen LogP) is 4.89. The number of hydrogen-bond donors (Lipinski definition) is 3. The summed E-state index contributed by atoms with van der Waals surface area (Å²) in [6.45, 7) is 1.95. The Morgan fingerprint density at radius 2 is 1.82 bits per heavy atom. The molecule has 4 aromatic rings. The molecule has 2 atom stereocenters. The van der Waals surface area contributed by atoms with E-state index >= 15 is 0 Å². The number of nitrogens with one attached hydrogen (secondary N) is 3. The van der Waals surface area contributed by atoms with Gasteiger partial charge in [-0.2, -0.15) is 0 Å². The van der Waals surface area contributed by atoms with Crippen LogP contribution in [0.5, 0.6) is 0 Å². The van der Waals surface area contributed by atoms with Crippen LogP contribution in [0.4, 0.5) is 0 Å². The zero-order chi connectivity index (χ0) is 23.2. The highest BCUT2D eigenvalue weighted by Crippen LogP contribution is 2.20. The molecule has 0 spiro atoms. The second-order valence-electron chi connectivity index (χ2n) is 8.12. The first kappa shape index (κ1) is 22.7. The fourth-order valence-electron chi connectivity index (χ4n) is 3.80. The molecule has 33 heavy (non-hydrogen) atoms. The van der Waals surface area contributed by atoms with Gasteiger partial charge < -0.3 is 20.0 Å². The average Bonchev–Trinajstić information content (AvgIpc) is 3.48. The molecule has 2 aromatic carbocycles. The van der Waals surface area contributed by atoms with E-state index in [1.165, 1.54) is 0 Å². The smallest absolute Gasteiger partial charge is 0.251 e. The van der Waals surface area contributed by atoms with Crippen molar-refractivity contribution in [3.63, 3.8) is 0 Å². The number of aromatic amines is 1. The Labute approximate surface area is 197 Å². The molecule has 2 amide bonds. The summed E-state index contributed by atoms with van der Waals surface area (Å²) >= 11 is 5.94. The first-order valence-electron chi connectivity index (χ1n) is 10.9. The Kier molecular flexibility index (Phi) is 7.15. The maximum Gasteiger partial charge on any atom is 0.251 e. The number of aromatic nitrogens is 1. The van der Waals surface area contributed by atoms with Crippen molar-refractivity contribution in [2.24, 2.45) is 0 Å². The normalized spacial score (nSPS) is 12.9. The molecule has 2 heterocycles. The summed E-state index contributed by atoms with van der Waals surface area (Å²) in [6.07, 6.45) is 5.34. The highest BCUT2D eigenvalue weighted by molar-refractivity contribution is 6.30. The minimum atomic E-state index is -0.738. The molecule has 0 saturated heterocycles. The number of halogens is 1. The third-order valence-corrected chi connectivity index (χ3v) is 5.87. The highest BCUT2D eigenvalue weighted by atomic mass is 35.5. The number of carbonyl (C=O) groups is 2. The number of para-hydroxylation sites is 1. The maximum atomic E-state index is 13.2. The van der Waals surface area contributed by atoms with Crippen LogP contribution in [0.25, 0.3) is 10.9 Å². The van der Waals surface area contributed by atoms with Crippen LogP contribution in [0, 0.1) is 0 Å². The summed E-state index contributed by atoms with van der Waals surface area (Å²) in [5.41, 5.74) is 2.40. The van der Waals surface area contributed by atoms with Crippen molar-refractivity contribution in [1.29, 1.82) is 0 Å². The van der Waals surface area contributed by atoms with E-state index in [0.717, 1.165) is 35.1 Å². The Hall–Kier alpha value is -3.51. The molecule has 7 heteroatoms. The van der Waals surface area contributed by atoms with Gasteiger partial charge in [-0.05, 0) is 61.4 Å². The summed E-state index contributed by atoms with van der Waals surface area (Å²) in [5, 5.41) is 7.52. The monoisotopic (exact) mass is 463 g/mol. The van der Waals surface area contributed by atoms with Crippen LogP contribution in [-0.2, 0) is 17.6 Å². The van der Waals surface area contributed by atoms with E-state index in [1.807, 2.05) is 49.5 Å². The lowest BCUT2D eigenvalue weighted by molar-refractivity contribution is -0.123. The van der Waals surface area contributed by atoms with Gasteiger partial charge in [-0.3, -0.25) is 9.59 Å². The first-order chi connectivity index (χ1) is 16.0. The molecule has 2 unspecified atom stereocenters. The molecule has 0 aliphatic heterocycles. The van der Waals surface area contributed by atoms with Crippen LogP contribution < -0.4 is 10.6 Å². The number of amides is 2. The summed E-state index contributed by atoms with van der Waals surface area (Å²) < 4.78 is 5.37. The number of carbonyl (C=O) groups excluding carboxylic acids is 2. The number of H-pyrrole nitrogens is 1. The van der Waals surface area contributed by atoms with E-state index in [9.17, 15) is 9.59 Å². The van der Waals surface area contributed by atoms with E-state index in [2.05, 4.69) is 15.6 Å². The third-order valence-electron chi connectivity index (χ3n) is 5.62. The highest BCUT2D eigenvalue weighted by Gasteiger charge is 2.24. The Balaban J connectivity index is 1.48. The van der Waals surface area contributed by atoms with Gasteiger partial charge >= 0.3 is 0 Å². The summed E-state index contributed by atoms with van der Waals surface area (Å²) in [6, 6.07) is 17.4. The van der Waals surface area contributed by atoms with Gasteiger partial charge in [0.25, 0.3) is 5.91 Å². The van der Waals surface area contributed by atoms with E-state index in [0.29, 0.717) is 17.0 Å². The van der Waals surface area contributed by atoms with Crippen LogP contribution in [-0.4, -0.2) is 28.9 Å². The molecule has 0 aliphatic carbocycles. The topological polar surface area (TPSA) is 87.1 Å². The molecule has 0 radical (unpaired) electrons. The van der Waals surface area contributed by atoms with Crippen molar-refractivity contribution in [2.75, 3.05) is 0 Å². The first-order valence-corrected chi connectivity index (χ1v) is 11.3. The quantitative estimate of drug-likeness (QED) is 0.330. The van der Waals surface area contributed by atoms with Gasteiger partial charge in [-0.25, -0.2) is 0 Å². The van der Waals surface area contributed by atoms with Crippen LogP contribution in [0.3, 0.4) is 0 Å². The molecule has 2 aromatic heterocycles. The lowest BCUT2D eigenvalue weighted by atomic mass is 10.0. The van der Waals surface area contributed by atoms with Gasteiger partial charge in [0, 0.05) is 46.6 Å². The molecular formula is C26H26ClN3O3. The van der Waals surface area contributed by atoms with Crippen molar-refractivity contribution in [3.8, 4) is 0 Å². The van der Waals surface area contributed by atoms with Crippen molar-refractivity contribution in [2.45, 2.75) is 38.3 Å². The Morgan fingerprint density at radius 3 is 2.58 bits per heavy atom. The van der Waals surface area contributed by atoms with Gasteiger partial charge in [0.1, 0.15) is 11.8 Å². The SMILES string of the molecule is CC(CCc1ccco1)NC(=O)C(Cc1c[nH]c2ccccc12)NC(=O)c1ccc(Cl)cc1. The Bertz CT molecular complexity index is 1220. The van der Waals surface area contributed by atoms with Gasteiger partial charge in [0.05, 0.1) is 6.26 Å². The molecule has 0 fully saturated rings. The maximum absolute atomic E-state index is 13.2. The summed E-state index contributed by atoms with van der Waals surface area (Å²) in [4.78, 5) is 29.3.